The molecule has 2 aromatic rings. The van der Waals surface area contributed by atoms with Crippen LogP contribution in [0.2, 0.25) is 0 Å². The molecule has 136 valence electrons. The van der Waals surface area contributed by atoms with Gasteiger partial charge in [0.05, 0.1) is 5.56 Å². The van der Waals surface area contributed by atoms with Crippen LogP contribution >= 0.6 is 40.7 Å². The van der Waals surface area contributed by atoms with Gasteiger partial charge in [0, 0.05) is 36.4 Å². The molecule has 8 heteroatoms. The van der Waals surface area contributed by atoms with Crippen molar-refractivity contribution in [2.75, 3.05) is 26.2 Å². The highest BCUT2D eigenvalue weighted by atomic mass is 79.9. The molecule has 1 amide bonds. The number of halogens is 3. The van der Waals surface area contributed by atoms with Crippen LogP contribution in [0.5, 0.6) is 11.6 Å². The SMILES string of the molecule is Cl.Cl.O=C(c1ccc(Oc2ccc(Br)cc2)nc1)N1CCCNCC1. The monoisotopic (exact) mass is 447 g/mol. The van der Waals surface area contributed by atoms with E-state index >= 15 is 0 Å². The average Bonchev–Trinajstić information content (AvgIpc) is 2.86. The Balaban J connectivity index is 0.00000156. The number of pyridine rings is 1. The zero-order chi connectivity index (χ0) is 16.1. The first-order valence-electron chi connectivity index (χ1n) is 7.62. The first-order chi connectivity index (χ1) is 11.2. The van der Waals surface area contributed by atoms with Crippen molar-refractivity contribution in [3.05, 3.63) is 52.6 Å². The molecule has 1 aromatic carbocycles. The maximum atomic E-state index is 12.5. The van der Waals surface area contributed by atoms with Crippen molar-refractivity contribution in [3.63, 3.8) is 0 Å². The molecule has 0 aliphatic carbocycles. The number of hydrogen-bond donors (Lipinski definition) is 1. The van der Waals surface area contributed by atoms with E-state index in [1.807, 2.05) is 29.2 Å². The molecule has 0 unspecified atom stereocenters. The molecule has 2 heterocycles. The third-order valence-corrected chi connectivity index (χ3v) is 4.18. The molecule has 1 fully saturated rings. The summed E-state index contributed by atoms with van der Waals surface area (Å²) in [5.41, 5.74) is 0.593. The lowest BCUT2D eigenvalue weighted by Crippen LogP contribution is -2.34. The highest BCUT2D eigenvalue weighted by Crippen LogP contribution is 2.22. The Bertz CT molecular complexity index is 661. The quantitative estimate of drug-likeness (QED) is 0.773. The molecule has 3 rings (SSSR count). The van der Waals surface area contributed by atoms with Crippen LogP contribution in [0, 0.1) is 0 Å². The minimum Gasteiger partial charge on any atom is -0.439 e. The van der Waals surface area contributed by atoms with Crippen molar-refractivity contribution in [2.45, 2.75) is 6.42 Å². The Hall–Kier alpha value is -1.34. The molecule has 25 heavy (non-hydrogen) atoms. The van der Waals surface area contributed by atoms with E-state index in [0.29, 0.717) is 17.2 Å². The van der Waals surface area contributed by atoms with E-state index in [0.717, 1.165) is 37.1 Å². The Morgan fingerprint density at radius 2 is 1.84 bits per heavy atom. The number of amides is 1. The summed E-state index contributed by atoms with van der Waals surface area (Å²) in [5, 5.41) is 3.29. The van der Waals surface area contributed by atoms with Gasteiger partial charge in [-0.1, -0.05) is 15.9 Å². The summed E-state index contributed by atoms with van der Waals surface area (Å²) in [5.74, 6) is 1.20. The van der Waals surface area contributed by atoms with Gasteiger partial charge in [-0.25, -0.2) is 4.98 Å². The number of carbonyl (C=O) groups is 1. The lowest BCUT2D eigenvalue weighted by atomic mass is 10.2. The van der Waals surface area contributed by atoms with Crippen LogP contribution in [-0.4, -0.2) is 42.0 Å². The van der Waals surface area contributed by atoms with Gasteiger partial charge in [-0.05, 0) is 43.3 Å². The molecule has 0 saturated carbocycles. The second-order valence-electron chi connectivity index (χ2n) is 5.34. The number of hydrogen-bond acceptors (Lipinski definition) is 4. The molecule has 0 radical (unpaired) electrons. The number of aromatic nitrogens is 1. The predicted molar refractivity (Wildman–Crippen MR) is 106 cm³/mol. The molecule has 1 N–H and O–H groups in total. The Morgan fingerprint density at radius 1 is 1.08 bits per heavy atom. The highest BCUT2D eigenvalue weighted by molar-refractivity contribution is 9.10. The first kappa shape index (κ1) is 21.7. The molecule has 1 aliphatic rings. The van der Waals surface area contributed by atoms with Crippen LogP contribution in [0.4, 0.5) is 0 Å². The summed E-state index contributed by atoms with van der Waals surface area (Å²) < 4.78 is 6.66. The lowest BCUT2D eigenvalue weighted by Gasteiger charge is -2.19. The van der Waals surface area contributed by atoms with Crippen LogP contribution in [0.25, 0.3) is 0 Å². The second kappa shape index (κ2) is 10.6. The third kappa shape index (κ3) is 6.15. The minimum absolute atomic E-state index is 0. The average molecular weight is 449 g/mol. The number of rotatable bonds is 3. The maximum Gasteiger partial charge on any atom is 0.255 e. The summed E-state index contributed by atoms with van der Waals surface area (Å²) in [6.07, 6.45) is 2.55. The first-order valence-corrected chi connectivity index (χ1v) is 8.41. The van der Waals surface area contributed by atoms with Crippen molar-refractivity contribution < 1.29 is 9.53 Å². The van der Waals surface area contributed by atoms with Crippen molar-refractivity contribution in [3.8, 4) is 11.6 Å². The number of benzene rings is 1. The molecule has 0 spiro atoms. The standard InChI is InChI=1S/C17H18BrN3O2.2ClH/c18-14-3-5-15(6-4-14)23-16-7-2-13(12-20-16)17(22)21-10-1-8-19-9-11-21;;/h2-7,12,19H,1,8-11H2;2*1H. The molecule has 1 aliphatic heterocycles. The zero-order valence-corrected chi connectivity index (χ0v) is 16.7. The van der Waals surface area contributed by atoms with Crippen LogP contribution in [0.15, 0.2) is 47.1 Å². The normalized spacial score (nSPS) is 13.9. The van der Waals surface area contributed by atoms with Crippen molar-refractivity contribution in [1.82, 2.24) is 15.2 Å². The van der Waals surface area contributed by atoms with Gasteiger partial charge in [-0.3, -0.25) is 4.79 Å². The fourth-order valence-electron chi connectivity index (χ4n) is 2.42. The molecule has 0 bridgehead atoms. The van der Waals surface area contributed by atoms with E-state index in [2.05, 4.69) is 26.2 Å². The molecule has 1 saturated heterocycles. The summed E-state index contributed by atoms with van der Waals surface area (Å²) in [4.78, 5) is 18.6. The number of nitrogens with one attached hydrogen (secondary N) is 1. The number of nitrogens with zero attached hydrogens (tertiary/aromatic N) is 2. The van der Waals surface area contributed by atoms with Gasteiger partial charge in [0.15, 0.2) is 0 Å². The second-order valence-corrected chi connectivity index (χ2v) is 6.25. The van der Waals surface area contributed by atoms with E-state index in [1.54, 1.807) is 18.3 Å². The maximum absolute atomic E-state index is 12.5. The molecular formula is C17H20BrCl2N3O2. The van der Waals surface area contributed by atoms with E-state index in [9.17, 15) is 4.79 Å². The minimum atomic E-state index is 0. The number of carbonyl (C=O) groups excluding carboxylic acids is 1. The molecule has 0 atom stereocenters. The van der Waals surface area contributed by atoms with Crippen LogP contribution < -0.4 is 10.1 Å². The van der Waals surface area contributed by atoms with E-state index < -0.39 is 0 Å². The van der Waals surface area contributed by atoms with Gasteiger partial charge in [0.25, 0.3) is 5.91 Å². The van der Waals surface area contributed by atoms with E-state index in [4.69, 9.17) is 4.74 Å². The topological polar surface area (TPSA) is 54.5 Å². The van der Waals surface area contributed by atoms with Crippen molar-refractivity contribution >= 4 is 46.7 Å². The predicted octanol–water partition coefficient (Wildman–Crippen LogP) is 3.92. The lowest BCUT2D eigenvalue weighted by molar-refractivity contribution is 0.0766. The van der Waals surface area contributed by atoms with Gasteiger partial charge in [0.1, 0.15) is 5.75 Å². The fraction of sp³-hybridized carbons (Fsp3) is 0.294. The van der Waals surface area contributed by atoms with Crippen molar-refractivity contribution in [2.24, 2.45) is 0 Å². The van der Waals surface area contributed by atoms with Crippen LogP contribution in [0.3, 0.4) is 0 Å². The Kier molecular flexibility index (Phi) is 9.21. The zero-order valence-electron chi connectivity index (χ0n) is 13.5. The van der Waals surface area contributed by atoms with Gasteiger partial charge >= 0.3 is 0 Å². The van der Waals surface area contributed by atoms with E-state index in [-0.39, 0.29) is 30.7 Å². The van der Waals surface area contributed by atoms with Gasteiger partial charge in [-0.15, -0.1) is 24.8 Å². The number of ether oxygens (including phenoxy) is 1. The smallest absolute Gasteiger partial charge is 0.255 e. The fourth-order valence-corrected chi connectivity index (χ4v) is 2.69. The van der Waals surface area contributed by atoms with Crippen LogP contribution in [-0.2, 0) is 0 Å². The summed E-state index contributed by atoms with van der Waals surface area (Å²) in [7, 11) is 0. The molecule has 5 nitrogen and oxygen atoms in total. The summed E-state index contributed by atoms with van der Waals surface area (Å²) in [6.45, 7) is 3.31. The van der Waals surface area contributed by atoms with Gasteiger partial charge in [0.2, 0.25) is 5.88 Å². The highest BCUT2D eigenvalue weighted by Gasteiger charge is 2.17. The summed E-state index contributed by atoms with van der Waals surface area (Å²) in [6, 6.07) is 11.0. The van der Waals surface area contributed by atoms with Crippen LogP contribution in [0.1, 0.15) is 16.8 Å². The van der Waals surface area contributed by atoms with Gasteiger partial charge in [-0.2, -0.15) is 0 Å². The van der Waals surface area contributed by atoms with Gasteiger partial charge < -0.3 is 15.0 Å². The van der Waals surface area contributed by atoms with E-state index in [1.165, 1.54) is 0 Å². The molecular weight excluding hydrogens is 429 g/mol. The third-order valence-electron chi connectivity index (χ3n) is 3.65. The van der Waals surface area contributed by atoms with Crippen molar-refractivity contribution in [1.29, 1.82) is 0 Å². The Morgan fingerprint density at radius 3 is 2.52 bits per heavy atom. The molecule has 1 aromatic heterocycles. The summed E-state index contributed by atoms with van der Waals surface area (Å²) >= 11 is 3.38. The Labute approximate surface area is 168 Å². The largest absolute Gasteiger partial charge is 0.439 e.